The van der Waals surface area contributed by atoms with Gasteiger partial charge in [0.15, 0.2) is 0 Å². The molecule has 2 aromatic rings. The third-order valence-electron chi connectivity index (χ3n) is 2.86. The molecule has 0 saturated heterocycles. The van der Waals surface area contributed by atoms with Crippen molar-refractivity contribution in [2.24, 2.45) is 7.05 Å². The molecule has 0 bridgehead atoms. The monoisotopic (exact) mass is 231 g/mol. The summed E-state index contributed by atoms with van der Waals surface area (Å²) in [5.41, 5.74) is 8.74. The van der Waals surface area contributed by atoms with E-state index in [4.69, 9.17) is 10.5 Å². The Morgan fingerprint density at radius 1 is 1.35 bits per heavy atom. The van der Waals surface area contributed by atoms with Crippen LogP contribution < -0.4 is 10.5 Å². The maximum absolute atomic E-state index is 5.82. The number of ether oxygens (including phenoxy) is 1. The van der Waals surface area contributed by atoms with Crippen LogP contribution in [0.1, 0.15) is 11.3 Å². The highest BCUT2D eigenvalue weighted by Gasteiger charge is 2.03. The van der Waals surface area contributed by atoms with Crippen molar-refractivity contribution in [3.63, 3.8) is 0 Å². The summed E-state index contributed by atoms with van der Waals surface area (Å²) in [5, 5.41) is 4.12. The van der Waals surface area contributed by atoms with Crippen molar-refractivity contribution in [3.8, 4) is 5.75 Å². The molecule has 4 nitrogen and oxygen atoms in total. The van der Waals surface area contributed by atoms with E-state index in [9.17, 15) is 0 Å². The van der Waals surface area contributed by atoms with Crippen molar-refractivity contribution >= 4 is 5.69 Å². The molecular weight excluding hydrogens is 214 g/mol. The van der Waals surface area contributed by atoms with E-state index < -0.39 is 0 Å². The molecule has 0 spiro atoms. The van der Waals surface area contributed by atoms with E-state index in [0.717, 1.165) is 29.1 Å². The number of anilines is 1. The number of nitrogens with zero attached hydrogens (tertiary/aromatic N) is 2. The Balaban J connectivity index is 1.95. The molecule has 90 valence electrons. The lowest BCUT2D eigenvalue weighted by molar-refractivity contribution is 0.316. The van der Waals surface area contributed by atoms with Gasteiger partial charge in [-0.15, -0.1) is 0 Å². The van der Waals surface area contributed by atoms with Crippen LogP contribution >= 0.6 is 0 Å². The SMILES string of the molecule is Cc1c(N)cccc1OCCc1ccnn1C. The zero-order valence-corrected chi connectivity index (χ0v) is 10.2. The highest BCUT2D eigenvalue weighted by molar-refractivity contribution is 5.53. The lowest BCUT2D eigenvalue weighted by atomic mass is 10.2. The largest absolute Gasteiger partial charge is 0.493 e. The molecule has 2 N–H and O–H groups in total. The molecule has 1 aromatic carbocycles. The molecule has 0 aliphatic rings. The van der Waals surface area contributed by atoms with Crippen molar-refractivity contribution in [1.82, 2.24) is 9.78 Å². The van der Waals surface area contributed by atoms with E-state index in [1.54, 1.807) is 6.20 Å². The molecule has 4 heteroatoms. The molecule has 1 aromatic heterocycles. The molecule has 0 aliphatic carbocycles. The highest BCUT2D eigenvalue weighted by atomic mass is 16.5. The van der Waals surface area contributed by atoms with Crippen LogP contribution in [0.3, 0.4) is 0 Å². The fourth-order valence-corrected chi connectivity index (χ4v) is 1.70. The van der Waals surface area contributed by atoms with E-state index >= 15 is 0 Å². The van der Waals surface area contributed by atoms with Crippen LogP contribution in [0, 0.1) is 6.92 Å². The molecule has 0 amide bonds. The maximum Gasteiger partial charge on any atom is 0.124 e. The zero-order valence-electron chi connectivity index (χ0n) is 10.2. The first-order valence-corrected chi connectivity index (χ1v) is 5.63. The third-order valence-corrected chi connectivity index (χ3v) is 2.86. The lowest BCUT2D eigenvalue weighted by Crippen LogP contribution is -2.07. The molecule has 0 atom stereocenters. The lowest BCUT2D eigenvalue weighted by Gasteiger charge is -2.10. The summed E-state index contributed by atoms with van der Waals surface area (Å²) < 4.78 is 7.58. The predicted molar refractivity (Wildman–Crippen MR) is 68.0 cm³/mol. The summed E-state index contributed by atoms with van der Waals surface area (Å²) in [6.45, 7) is 2.60. The Morgan fingerprint density at radius 2 is 2.18 bits per heavy atom. The minimum Gasteiger partial charge on any atom is -0.493 e. The molecule has 0 unspecified atom stereocenters. The number of aryl methyl sites for hydroxylation is 1. The summed E-state index contributed by atoms with van der Waals surface area (Å²) in [6.07, 6.45) is 2.63. The van der Waals surface area contributed by atoms with Gasteiger partial charge in [-0.1, -0.05) is 6.07 Å². The van der Waals surface area contributed by atoms with Crippen molar-refractivity contribution in [1.29, 1.82) is 0 Å². The van der Waals surface area contributed by atoms with Gasteiger partial charge in [-0.05, 0) is 25.1 Å². The Morgan fingerprint density at radius 3 is 2.88 bits per heavy atom. The predicted octanol–water partition coefficient (Wildman–Crippen LogP) is 1.93. The minimum absolute atomic E-state index is 0.629. The number of nitrogen functional groups attached to an aromatic ring is 1. The summed E-state index contributed by atoms with van der Waals surface area (Å²) in [6, 6.07) is 7.72. The molecule has 0 radical (unpaired) electrons. The second-order valence-corrected chi connectivity index (χ2v) is 4.01. The van der Waals surface area contributed by atoms with Gasteiger partial charge in [-0.25, -0.2) is 0 Å². The molecule has 0 aliphatic heterocycles. The van der Waals surface area contributed by atoms with Crippen LogP contribution in [0.4, 0.5) is 5.69 Å². The van der Waals surface area contributed by atoms with Crippen LogP contribution in [0.15, 0.2) is 30.5 Å². The minimum atomic E-state index is 0.629. The summed E-state index contributed by atoms with van der Waals surface area (Å²) in [7, 11) is 1.93. The van der Waals surface area contributed by atoms with Gasteiger partial charge in [-0.3, -0.25) is 4.68 Å². The Kier molecular flexibility index (Phi) is 3.32. The first kappa shape index (κ1) is 11.5. The van der Waals surface area contributed by atoms with Crippen LogP contribution in [-0.2, 0) is 13.5 Å². The molecule has 1 heterocycles. The third kappa shape index (κ3) is 2.58. The zero-order chi connectivity index (χ0) is 12.3. The Labute approximate surface area is 101 Å². The van der Waals surface area contributed by atoms with Gasteiger partial charge < -0.3 is 10.5 Å². The standard InChI is InChI=1S/C13H17N3O/c1-10-12(14)4-3-5-13(10)17-9-7-11-6-8-15-16(11)2/h3-6,8H,7,9,14H2,1-2H3. The topological polar surface area (TPSA) is 53.1 Å². The van der Waals surface area contributed by atoms with Crippen LogP contribution in [0.25, 0.3) is 0 Å². The molecular formula is C13H17N3O. The highest BCUT2D eigenvalue weighted by Crippen LogP contribution is 2.22. The summed E-state index contributed by atoms with van der Waals surface area (Å²) in [5.74, 6) is 0.854. The first-order valence-electron chi connectivity index (χ1n) is 5.63. The van der Waals surface area contributed by atoms with Crippen LogP contribution in [0.2, 0.25) is 0 Å². The fraction of sp³-hybridized carbons (Fsp3) is 0.308. The number of aromatic nitrogens is 2. The van der Waals surface area contributed by atoms with Gasteiger partial charge in [0.25, 0.3) is 0 Å². The van der Waals surface area contributed by atoms with Gasteiger partial charge >= 0.3 is 0 Å². The van der Waals surface area contributed by atoms with E-state index in [2.05, 4.69) is 5.10 Å². The van der Waals surface area contributed by atoms with Crippen molar-refractivity contribution in [3.05, 3.63) is 41.7 Å². The van der Waals surface area contributed by atoms with Crippen molar-refractivity contribution in [2.75, 3.05) is 12.3 Å². The van der Waals surface area contributed by atoms with Gasteiger partial charge in [-0.2, -0.15) is 5.10 Å². The van der Waals surface area contributed by atoms with Gasteiger partial charge in [0.2, 0.25) is 0 Å². The van der Waals surface area contributed by atoms with Crippen molar-refractivity contribution < 1.29 is 4.74 Å². The molecule has 0 fully saturated rings. The fourth-order valence-electron chi connectivity index (χ4n) is 1.70. The second kappa shape index (κ2) is 4.91. The first-order chi connectivity index (χ1) is 8.18. The normalized spacial score (nSPS) is 10.5. The molecule has 0 saturated carbocycles. The Bertz CT molecular complexity index is 505. The average Bonchev–Trinajstić information content (AvgIpc) is 2.71. The number of rotatable bonds is 4. The number of hydrogen-bond acceptors (Lipinski definition) is 3. The number of benzene rings is 1. The van der Waals surface area contributed by atoms with Gasteiger partial charge in [0, 0.05) is 36.6 Å². The summed E-state index contributed by atoms with van der Waals surface area (Å²) in [4.78, 5) is 0. The van der Waals surface area contributed by atoms with Crippen LogP contribution in [0.5, 0.6) is 5.75 Å². The maximum atomic E-state index is 5.82. The number of nitrogens with two attached hydrogens (primary N) is 1. The van der Waals surface area contributed by atoms with Crippen molar-refractivity contribution in [2.45, 2.75) is 13.3 Å². The number of hydrogen-bond donors (Lipinski definition) is 1. The second-order valence-electron chi connectivity index (χ2n) is 4.01. The Hall–Kier alpha value is -1.97. The molecule has 17 heavy (non-hydrogen) atoms. The average molecular weight is 231 g/mol. The van der Waals surface area contributed by atoms with Gasteiger partial charge in [0.05, 0.1) is 6.61 Å². The van der Waals surface area contributed by atoms with E-state index in [1.807, 2.05) is 42.9 Å². The molecule has 2 rings (SSSR count). The van der Waals surface area contributed by atoms with E-state index in [0.29, 0.717) is 6.61 Å². The van der Waals surface area contributed by atoms with E-state index in [1.165, 1.54) is 0 Å². The van der Waals surface area contributed by atoms with E-state index in [-0.39, 0.29) is 0 Å². The smallest absolute Gasteiger partial charge is 0.124 e. The quantitative estimate of drug-likeness (QED) is 0.818. The van der Waals surface area contributed by atoms with Crippen LogP contribution in [-0.4, -0.2) is 16.4 Å². The van der Waals surface area contributed by atoms with Gasteiger partial charge in [0.1, 0.15) is 5.75 Å². The summed E-state index contributed by atoms with van der Waals surface area (Å²) >= 11 is 0.